The summed E-state index contributed by atoms with van der Waals surface area (Å²) < 4.78 is 15.5. The number of fused-ring (bicyclic) bond motifs is 2. The quantitative estimate of drug-likeness (QED) is 0.138. The van der Waals surface area contributed by atoms with Gasteiger partial charge in [0.15, 0.2) is 0 Å². The zero-order valence-corrected chi connectivity index (χ0v) is 26.2. The van der Waals surface area contributed by atoms with E-state index < -0.39 is 11.8 Å². The van der Waals surface area contributed by atoms with E-state index in [-0.39, 0.29) is 0 Å². The molecule has 0 aliphatic rings. The van der Waals surface area contributed by atoms with Gasteiger partial charge in [-0.1, -0.05) is 61.5 Å². The normalized spacial score (nSPS) is 11.8. The van der Waals surface area contributed by atoms with Gasteiger partial charge in [-0.15, -0.1) is 0 Å². The molecule has 0 bridgehead atoms. The van der Waals surface area contributed by atoms with E-state index >= 15 is 0 Å². The van der Waals surface area contributed by atoms with E-state index in [0.29, 0.717) is 12.3 Å². The standard InChI is InChI=1S/C37H38N4O3/c1-7-12-33-39-34-24(2)21-27(35-38-29-14-9-10-15-30(29)40(35)6)22-31(34)41(33)23-25-17-19-26(20-18-25)28-13-8-11-16-32(28)43-36(42)44-37(3,4)5/h8-11,13-22H,7,12,23H2,1-6H3. The van der Waals surface area contributed by atoms with Crippen molar-refractivity contribution in [2.75, 3.05) is 0 Å². The van der Waals surface area contributed by atoms with Gasteiger partial charge in [-0.2, -0.15) is 0 Å². The average molecular weight is 587 g/mol. The van der Waals surface area contributed by atoms with E-state index in [1.165, 1.54) is 0 Å². The Kier molecular flexibility index (Phi) is 7.72. The number of para-hydroxylation sites is 3. The van der Waals surface area contributed by atoms with Crippen molar-refractivity contribution >= 4 is 28.2 Å². The molecule has 0 unspecified atom stereocenters. The molecule has 4 aromatic carbocycles. The third kappa shape index (κ3) is 5.82. The fraction of sp³-hybridized carbons (Fsp3) is 0.270. The fourth-order valence-electron chi connectivity index (χ4n) is 5.69. The second-order valence-corrected chi connectivity index (χ2v) is 12.3. The summed E-state index contributed by atoms with van der Waals surface area (Å²) in [6.07, 6.45) is 1.18. The highest BCUT2D eigenvalue weighted by Gasteiger charge is 2.20. The van der Waals surface area contributed by atoms with Crippen LogP contribution in [0.15, 0.2) is 84.9 Å². The maximum absolute atomic E-state index is 12.4. The van der Waals surface area contributed by atoms with E-state index in [2.05, 4.69) is 78.6 Å². The van der Waals surface area contributed by atoms with E-state index in [0.717, 1.165) is 74.4 Å². The van der Waals surface area contributed by atoms with Crippen molar-refractivity contribution in [1.29, 1.82) is 0 Å². The molecule has 0 N–H and O–H groups in total. The molecule has 2 heterocycles. The van der Waals surface area contributed by atoms with Crippen LogP contribution in [0.2, 0.25) is 0 Å². The summed E-state index contributed by atoms with van der Waals surface area (Å²) in [5.41, 5.74) is 8.75. The van der Waals surface area contributed by atoms with Gasteiger partial charge in [0.2, 0.25) is 0 Å². The maximum Gasteiger partial charge on any atom is 0.514 e. The molecule has 7 nitrogen and oxygen atoms in total. The minimum Gasteiger partial charge on any atom is -0.428 e. The van der Waals surface area contributed by atoms with Crippen molar-refractivity contribution < 1.29 is 14.3 Å². The summed E-state index contributed by atoms with van der Waals surface area (Å²) in [6.45, 7) is 10.5. The van der Waals surface area contributed by atoms with Crippen LogP contribution in [0.3, 0.4) is 0 Å². The second kappa shape index (κ2) is 11.6. The Morgan fingerprint density at radius 3 is 2.32 bits per heavy atom. The number of aromatic nitrogens is 4. The lowest BCUT2D eigenvalue weighted by atomic mass is 10.0. The summed E-state index contributed by atoms with van der Waals surface area (Å²) in [4.78, 5) is 22.4. The van der Waals surface area contributed by atoms with Gasteiger partial charge in [-0.3, -0.25) is 0 Å². The first-order chi connectivity index (χ1) is 21.1. The van der Waals surface area contributed by atoms with Crippen LogP contribution < -0.4 is 4.74 Å². The van der Waals surface area contributed by atoms with Crippen LogP contribution in [0.1, 0.15) is 51.1 Å². The zero-order valence-electron chi connectivity index (χ0n) is 26.2. The van der Waals surface area contributed by atoms with Gasteiger partial charge in [-0.25, -0.2) is 14.8 Å². The molecule has 0 amide bonds. The van der Waals surface area contributed by atoms with Crippen molar-refractivity contribution in [3.8, 4) is 28.3 Å². The smallest absolute Gasteiger partial charge is 0.428 e. The molecule has 6 rings (SSSR count). The molecule has 44 heavy (non-hydrogen) atoms. The third-order valence-electron chi connectivity index (χ3n) is 7.72. The van der Waals surface area contributed by atoms with Gasteiger partial charge >= 0.3 is 6.16 Å². The second-order valence-electron chi connectivity index (χ2n) is 12.3. The summed E-state index contributed by atoms with van der Waals surface area (Å²) in [7, 11) is 2.07. The number of rotatable bonds is 7. The van der Waals surface area contributed by atoms with Crippen LogP contribution in [0.5, 0.6) is 5.75 Å². The number of hydrogen-bond acceptors (Lipinski definition) is 5. The molecule has 0 aliphatic carbocycles. The number of hydrogen-bond donors (Lipinski definition) is 0. The molecule has 0 saturated carbocycles. The van der Waals surface area contributed by atoms with Gasteiger partial charge in [-0.05, 0) is 81.1 Å². The zero-order chi connectivity index (χ0) is 31.0. The first-order valence-corrected chi connectivity index (χ1v) is 15.1. The van der Waals surface area contributed by atoms with Crippen LogP contribution in [0, 0.1) is 6.92 Å². The molecule has 224 valence electrons. The minimum atomic E-state index is -0.717. The highest BCUT2D eigenvalue weighted by atomic mass is 16.7. The molecule has 0 aliphatic heterocycles. The molecule has 0 radical (unpaired) electrons. The Morgan fingerprint density at radius 2 is 1.59 bits per heavy atom. The first-order valence-electron chi connectivity index (χ1n) is 15.1. The highest BCUT2D eigenvalue weighted by Crippen LogP contribution is 2.33. The predicted molar refractivity (Wildman–Crippen MR) is 176 cm³/mol. The van der Waals surface area contributed by atoms with E-state index in [1.54, 1.807) is 6.07 Å². The Bertz CT molecular complexity index is 1980. The fourth-order valence-corrected chi connectivity index (χ4v) is 5.69. The van der Waals surface area contributed by atoms with Gasteiger partial charge in [0.25, 0.3) is 0 Å². The minimum absolute atomic E-state index is 0.463. The summed E-state index contributed by atoms with van der Waals surface area (Å²) in [6, 6.07) is 28.6. The number of imidazole rings is 2. The Labute approximate surface area is 258 Å². The summed E-state index contributed by atoms with van der Waals surface area (Å²) in [5.74, 6) is 2.48. The lowest BCUT2D eigenvalue weighted by molar-refractivity contribution is 0.0207. The van der Waals surface area contributed by atoms with Crippen molar-refractivity contribution in [2.24, 2.45) is 7.05 Å². The topological polar surface area (TPSA) is 71.2 Å². The summed E-state index contributed by atoms with van der Waals surface area (Å²) in [5, 5.41) is 0. The van der Waals surface area contributed by atoms with Crippen LogP contribution >= 0.6 is 0 Å². The lowest BCUT2D eigenvalue weighted by Crippen LogP contribution is -2.26. The summed E-state index contributed by atoms with van der Waals surface area (Å²) >= 11 is 0. The third-order valence-corrected chi connectivity index (χ3v) is 7.72. The van der Waals surface area contributed by atoms with E-state index in [9.17, 15) is 4.79 Å². The van der Waals surface area contributed by atoms with Crippen LogP contribution in [-0.2, 0) is 24.8 Å². The Morgan fingerprint density at radius 1 is 0.864 bits per heavy atom. The van der Waals surface area contributed by atoms with Crippen LogP contribution in [0.4, 0.5) is 4.79 Å². The van der Waals surface area contributed by atoms with Gasteiger partial charge < -0.3 is 18.6 Å². The number of carbonyl (C=O) groups excluding carboxylic acids is 1. The number of benzene rings is 4. The molecular weight excluding hydrogens is 548 g/mol. The largest absolute Gasteiger partial charge is 0.514 e. The van der Waals surface area contributed by atoms with E-state index in [4.69, 9.17) is 19.4 Å². The molecular formula is C37H38N4O3. The molecule has 2 aromatic heterocycles. The average Bonchev–Trinajstić information content (AvgIpc) is 3.50. The van der Waals surface area contributed by atoms with Gasteiger partial charge in [0.05, 0.1) is 22.1 Å². The SMILES string of the molecule is CCCc1nc2c(C)cc(-c3nc4ccccc4n3C)cc2n1Cc1ccc(-c2ccccc2OC(=O)OC(C)(C)C)cc1. The van der Waals surface area contributed by atoms with E-state index in [1.807, 2.05) is 51.1 Å². The number of aryl methyl sites for hydroxylation is 3. The molecule has 0 saturated heterocycles. The lowest BCUT2D eigenvalue weighted by Gasteiger charge is -2.19. The van der Waals surface area contributed by atoms with Crippen LogP contribution in [0.25, 0.3) is 44.6 Å². The molecule has 0 spiro atoms. The first kappa shape index (κ1) is 29.2. The van der Waals surface area contributed by atoms with Crippen molar-refractivity contribution in [2.45, 2.75) is 59.6 Å². The van der Waals surface area contributed by atoms with Crippen molar-refractivity contribution in [1.82, 2.24) is 19.1 Å². The molecule has 0 atom stereocenters. The molecule has 6 aromatic rings. The van der Waals surface area contributed by atoms with Gasteiger partial charge in [0.1, 0.15) is 23.0 Å². The number of nitrogens with zero attached hydrogens (tertiary/aromatic N) is 4. The number of ether oxygens (including phenoxy) is 2. The van der Waals surface area contributed by atoms with Gasteiger partial charge in [0, 0.05) is 31.1 Å². The predicted octanol–water partition coefficient (Wildman–Crippen LogP) is 8.88. The number of carbonyl (C=O) groups is 1. The molecule has 0 fully saturated rings. The maximum atomic E-state index is 12.4. The Hall–Kier alpha value is -4.91. The molecule has 7 heteroatoms. The Balaban J connectivity index is 1.34. The highest BCUT2D eigenvalue weighted by molar-refractivity contribution is 5.87. The van der Waals surface area contributed by atoms with Crippen molar-refractivity contribution in [3.63, 3.8) is 0 Å². The van der Waals surface area contributed by atoms with Crippen LogP contribution in [-0.4, -0.2) is 30.9 Å². The van der Waals surface area contributed by atoms with Crippen molar-refractivity contribution in [3.05, 3.63) is 102 Å². The monoisotopic (exact) mass is 586 g/mol.